The second-order valence-corrected chi connectivity index (χ2v) is 3.62. The summed E-state index contributed by atoms with van der Waals surface area (Å²) in [6.07, 6.45) is 2.00. The average molecular weight is 216 g/mol. The van der Waals surface area contributed by atoms with Gasteiger partial charge in [0.1, 0.15) is 5.82 Å². The molecule has 1 rings (SSSR count). The fraction of sp³-hybridized carbons (Fsp3) is 0.500. The quantitative estimate of drug-likeness (QED) is 0.667. The summed E-state index contributed by atoms with van der Waals surface area (Å²) in [6.45, 7) is 3.68. The summed E-state index contributed by atoms with van der Waals surface area (Å²) in [7, 11) is 0. The summed E-state index contributed by atoms with van der Waals surface area (Å²) in [4.78, 5) is 0. The van der Waals surface area contributed by atoms with Crippen molar-refractivity contribution in [3.63, 3.8) is 0 Å². The Kier molecular flexibility index (Phi) is 4.18. The molecular formula is C12H15F3. The van der Waals surface area contributed by atoms with Crippen LogP contribution in [0.25, 0.3) is 0 Å². The van der Waals surface area contributed by atoms with Crippen LogP contribution in [0.15, 0.2) is 6.07 Å². The minimum atomic E-state index is -1.03. The second kappa shape index (κ2) is 5.19. The molecule has 0 aliphatic rings. The Morgan fingerprint density at radius 2 is 1.53 bits per heavy atom. The lowest BCUT2D eigenvalue weighted by atomic mass is 10.0. The van der Waals surface area contributed by atoms with E-state index in [9.17, 15) is 13.2 Å². The van der Waals surface area contributed by atoms with E-state index in [4.69, 9.17) is 0 Å². The molecule has 0 heterocycles. The summed E-state index contributed by atoms with van der Waals surface area (Å²) in [5, 5.41) is 0. The van der Waals surface area contributed by atoms with Crippen LogP contribution in [0.5, 0.6) is 0 Å². The monoisotopic (exact) mass is 216 g/mol. The van der Waals surface area contributed by atoms with E-state index in [0.717, 1.165) is 6.07 Å². The maximum absolute atomic E-state index is 13.7. The Morgan fingerprint density at radius 3 is 2.07 bits per heavy atom. The van der Waals surface area contributed by atoms with E-state index in [0.29, 0.717) is 19.3 Å². The van der Waals surface area contributed by atoms with Gasteiger partial charge in [0.15, 0.2) is 11.6 Å². The fourth-order valence-corrected chi connectivity index (χ4v) is 1.63. The predicted octanol–water partition coefficient (Wildman–Crippen LogP) is 4.01. The van der Waals surface area contributed by atoms with Gasteiger partial charge in [0.25, 0.3) is 0 Å². The topological polar surface area (TPSA) is 0 Å². The molecule has 0 saturated carbocycles. The highest BCUT2D eigenvalue weighted by atomic mass is 19.2. The van der Waals surface area contributed by atoms with Crippen molar-refractivity contribution in [3.8, 4) is 0 Å². The third-order valence-corrected chi connectivity index (χ3v) is 2.34. The molecule has 0 radical (unpaired) electrons. The lowest BCUT2D eigenvalue weighted by Crippen LogP contribution is -2.04. The average Bonchev–Trinajstić information content (AvgIpc) is 2.21. The van der Waals surface area contributed by atoms with Crippen molar-refractivity contribution < 1.29 is 13.2 Å². The molecule has 3 heteroatoms. The molecule has 0 fully saturated rings. The van der Waals surface area contributed by atoms with E-state index in [1.165, 1.54) is 0 Å². The first-order valence-electron chi connectivity index (χ1n) is 5.27. The van der Waals surface area contributed by atoms with E-state index < -0.39 is 17.5 Å². The molecule has 0 bridgehead atoms. The summed E-state index contributed by atoms with van der Waals surface area (Å²) < 4.78 is 40.1. The predicted molar refractivity (Wildman–Crippen MR) is 54.3 cm³/mol. The van der Waals surface area contributed by atoms with Crippen molar-refractivity contribution in [1.29, 1.82) is 0 Å². The highest BCUT2D eigenvalue weighted by molar-refractivity contribution is 5.29. The SMILES string of the molecule is CCCc1cc(F)c(F)c(CCC)c1F. The van der Waals surface area contributed by atoms with E-state index in [1.807, 2.05) is 13.8 Å². The van der Waals surface area contributed by atoms with Crippen molar-refractivity contribution in [2.45, 2.75) is 39.5 Å². The number of rotatable bonds is 4. The first-order valence-corrected chi connectivity index (χ1v) is 5.27. The largest absolute Gasteiger partial charge is 0.206 e. The number of hydrogen-bond acceptors (Lipinski definition) is 0. The van der Waals surface area contributed by atoms with Crippen LogP contribution >= 0.6 is 0 Å². The molecule has 0 unspecified atom stereocenters. The molecule has 15 heavy (non-hydrogen) atoms. The van der Waals surface area contributed by atoms with Gasteiger partial charge < -0.3 is 0 Å². The smallest absolute Gasteiger partial charge is 0.164 e. The molecule has 1 aromatic carbocycles. The first kappa shape index (κ1) is 12.1. The van der Waals surface area contributed by atoms with E-state index in [2.05, 4.69) is 0 Å². The van der Waals surface area contributed by atoms with Crippen LogP contribution in [0.2, 0.25) is 0 Å². The standard InChI is InChI=1S/C12H15F3/c1-3-5-8-7-10(13)12(15)9(6-4-2)11(8)14/h7H,3-6H2,1-2H3. The van der Waals surface area contributed by atoms with Crippen LogP contribution in [0, 0.1) is 17.5 Å². The third kappa shape index (κ3) is 2.52. The summed E-state index contributed by atoms with van der Waals surface area (Å²) in [5.74, 6) is -2.55. The van der Waals surface area contributed by atoms with Crippen molar-refractivity contribution in [1.82, 2.24) is 0 Å². The molecule has 0 aliphatic carbocycles. The number of hydrogen-bond donors (Lipinski definition) is 0. The highest BCUT2D eigenvalue weighted by Crippen LogP contribution is 2.22. The molecule has 0 aliphatic heterocycles. The molecule has 0 spiro atoms. The van der Waals surface area contributed by atoms with Gasteiger partial charge in [-0.05, 0) is 24.5 Å². The Balaban J connectivity index is 3.22. The lowest BCUT2D eigenvalue weighted by molar-refractivity contribution is 0.472. The zero-order valence-corrected chi connectivity index (χ0v) is 9.04. The maximum atomic E-state index is 13.7. The van der Waals surface area contributed by atoms with Crippen LogP contribution in [-0.4, -0.2) is 0 Å². The van der Waals surface area contributed by atoms with E-state index in [-0.39, 0.29) is 17.5 Å². The molecule has 0 atom stereocenters. The Labute approximate surface area is 88.1 Å². The van der Waals surface area contributed by atoms with Gasteiger partial charge in [0.05, 0.1) is 0 Å². The summed E-state index contributed by atoms with van der Waals surface area (Å²) >= 11 is 0. The molecule has 0 amide bonds. The van der Waals surface area contributed by atoms with Crippen LogP contribution in [0.1, 0.15) is 37.8 Å². The van der Waals surface area contributed by atoms with E-state index in [1.54, 1.807) is 0 Å². The van der Waals surface area contributed by atoms with Gasteiger partial charge in [0, 0.05) is 5.56 Å². The van der Waals surface area contributed by atoms with Crippen molar-refractivity contribution in [2.75, 3.05) is 0 Å². The van der Waals surface area contributed by atoms with Crippen molar-refractivity contribution in [3.05, 3.63) is 34.6 Å². The normalized spacial score (nSPS) is 10.7. The molecular weight excluding hydrogens is 201 g/mol. The number of aryl methyl sites for hydroxylation is 1. The molecule has 0 N–H and O–H groups in total. The van der Waals surface area contributed by atoms with Gasteiger partial charge >= 0.3 is 0 Å². The molecule has 0 nitrogen and oxygen atoms in total. The van der Waals surface area contributed by atoms with Gasteiger partial charge in [-0.25, -0.2) is 13.2 Å². The summed E-state index contributed by atoms with van der Waals surface area (Å²) in [6, 6.07) is 0.966. The minimum absolute atomic E-state index is 0.110. The van der Waals surface area contributed by atoms with Crippen LogP contribution < -0.4 is 0 Å². The molecule has 0 saturated heterocycles. The summed E-state index contributed by atoms with van der Waals surface area (Å²) in [5.41, 5.74) is 0.167. The molecule has 84 valence electrons. The van der Waals surface area contributed by atoms with Crippen LogP contribution in [0.3, 0.4) is 0 Å². The molecule has 0 aromatic heterocycles. The Hall–Kier alpha value is -0.990. The van der Waals surface area contributed by atoms with Crippen molar-refractivity contribution in [2.24, 2.45) is 0 Å². The number of halogens is 3. The number of benzene rings is 1. The minimum Gasteiger partial charge on any atom is -0.206 e. The Bertz CT molecular complexity index is 345. The van der Waals surface area contributed by atoms with E-state index >= 15 is 0 Å². The third-order valence-electron chi connectivity index (χ3n) is 2.34. The Morgan fingerprint density at radius 1 is 0.933 bits per heavy atom. The van der Waals surface area contributed by atoms with Crippen LogP contribution in [-0.2, 0) is 12.8 Å². The van der Waals surface area contributed by atoms with Gasteiger partial charge in [-0.3, -0.25) is 0 Å². The van der Waals surface area contributed by atoms with Crippen molar-refractivity contribution >= 4 is 0 Å². The first-order chi connectivity index (χ1) is 7.11. The van der Waals surface area contributed by atoms with Crippen LogP contribution in [0.4, 0.5) is 13.2 Å². The fourth-order valence-electron chi connectivity index (χ4n) is 1.63. The molecule has 1 aromatic rings. The second-order valence-electron chi connectivity index (χ2n) is 3.62. The maximum Gasteiger partial charge on any atom is 0.164 e. The van der Waals surface area contributed by atoms with Gasteiger partial charge in [-0.2, -0.15) is 0 Å². The zero-order chi connectivity index (χ0) is 11.4. The van der Waals surface area contributed by atoms with Gasteiger partial charge in [-0.15, -0.1) is 0 Å². The highest BCUT2D eigenvalue weighted by Gasteiger charge is 2.17. The van der Waals surface area contributed by atoms with Gasteiger partial charge in [0.2, 0.25) is 0 Å². The zero-order valence-electron chi connectivity index (χ0n) is 9.04. The van der Waals surface area contributed by atoms with Gasteiger partial charge in [-0.1, -0.05) is 26.7 Å². The lowest BCUT2D eigenvalue weighted by Gasteiger charge is -2.09.